The predicted molar refractivity (Wildman–Crippen MR) is 109 cm³/mol. The van der Waals surface area contributed by atoms with Crippen molar-refractivity contribution in [3.63, 3.8) is 0 Å². The maximum Gasteiger partial charge on any atom is 0.350 e. The minimum Gasteiger partial charge on any atom is -0.476 e. The van der Waals surface area contributed by atoms with E-state index in [0.717, 1.165) is 18.4 Å². The Morgan fingerprint density at radius 3 is 1.93 bits per heavy atom. The highest BCUT2D eigenvalue weighted by molar-refractivity contribution is 5.79. The van der Waals surface area contributed by atoms with Gasteiger partial charge in [0.05, 0.1) is 0 Å². The first-order valence-corrected chi connectivity index (χ1v) is 9.36. The number of ether oxygens (including phenoxy) is 2. The fraction of sp³-hybridized carbons (Fsp3) is 0.435. The van der Waals surface area contributed by atoms with Crippen LogP contribution in [0.3, 0.4) is 0 Å². The van der Waals surface area contributed by atoms with E-state index in [4.69, 9.17) is 15.2 Å². The van der Waals surface area contributed by atoms with Gasteiger partial charge in [-0.15, -0.1) is 0 Å². The number of carbonyl (C=O) groups excluding carboxylic acids is 1. The molecule has 4 nitrogen and oxygen atoms in total. The lowest BCUT2D eigenvalue weighted by atomic mass is 10.00. The molecule has 1 atom stereocenters. The molecule has 0 aromatic heterocycles. The Bertz CT molecular complexity index is 730. The molecule has 0 aliphatic heterocycles. The van der Waals surface area contributed by atoms with Crippen molar-refractivity contribution in [2.75, 3.05) is 0 Å². The maximum absolute atomic E-state index is 12.3. The zero-order chi connectivity index (χ0) is 20.1. The van der Waals surface area contributed by atoms with Crippen molar-refractivity contribution < 1.29 is 14.3 Å². The lowest BCUT2D eigenvalue weighted by Crippen LogP contribution is -2.43. The van der Waals surface area contributed by atoms with Gasteiger partial charge in [-0.05, 0) is 70.7 Å². The molecule has 4 heteroatoms. The van der Waals surface area contributed by atoms with Crippen LogP contribution in [0, 0.1) is 0 Å². The molecule has 0 saturated carbocycles. The first kappa shape index (κ1) is 21.0. The van der Waals surface area contributed by atoms with E-state index in [0.29, 0.717) is 5.75 Å². The van der Waals surface area contributed by atoms with E-state index in [1.807, 2.05) is 63.2 Å². The highest BCUT2D eigenvalue weighted by atomic mass is 16.6. The molecule has 0 spiro atoms. The van der Waals surface area contributed by atoms with E-state index in [1.54, 1.807) is 13.8 Å². The Kier molecular flexibility index (Phi) is 6.66. The molecule has 2 rings (SSSR count). The van der Waals surface area contributed by atoms with Crippen molar-refractivity contribution in [1.82, 2.24) is 0 Å². The molecule has 146 valence electrons. The van der Waals surface area contributed by atoms with Crippen LogP contribution in [0.4, 0.5) is 0 Å². The highest BCUT2D eigenvalue weighted by Crippen LogP contribution is 2.23. The molecular weight excluding hydrogens is 338 g/mol. The van der Waals surface area contributed by atoms with Crippen molar-refractivity contribution in [2.45, 2.75) is 64.7 Å². The Labute approximate surface area is 162 Å². The zero-order valence-electron chi connectivity index (χ0n) is 17.0. The average Bonchev–Trinajstić information content (AvgIpc) is 2.55. The van der Waals surface area contributed by atoms with Gasteiger partial charge in [-0.25, -0.2) is 4.79 Å². The molecule has 1 unspecified atom stereocenters. The quantitative estimate of drug-likeness (QED) is 0.739. The predicted octanol–water partition coefficient (Wildman–Crippen LogP) is 4.30. The summed E-state index contributed by atoms with van der Waals surface area (Å²) in [6.07, 6.45) is 1.62. The fourth-order valence-electron chi connectivity index (χ4n) is 2.72. The topological polar surface area (TPSA) is 61.5 Å². The van der Waals surface area contributed by atoms with Gasteiger partial charge in [0.1, 0.15) is 11.4 Å². The van der Waals surface area contributed by atoms with Crippen LogP contribution >= 0.6 is 0 Å². The molecule has 2 aromatic rings. The standard InChI is InChI=1S/C23H31NO3/c1-22(2,3)27-21(25)23(4,5)26-20-13-11-18(12-14-20)16-19(24)15-17-9-7-6-8-10-17/h6-14,19H,15-16,24H2,1-5H3. The monoisotopic (exact) mass is 369 g/mol. The number of carbonyl (C=O) groups is 1. The summed E-state index contributed by atoms with van der Waals surface area (Å²) in [7, 11) is 0. The summed E-state index contributed by atoms with van der Waals surface area (Å²) in [5.41, 5.74) is 7.06. The summed E-state index contributed by atoms with van der Waals surface area (Å²) < 4.78 is 11.3. The smallest absolute Gasteiger partial charge is 0.350 e. The molecule has 2 N–H and O–H groups in total. The van der Waals surface area contributed by atoms with E-state index in [9.17, 15) is 4.79 Å². The van der Waals surface area contributed by atoms with Crippen molar-refractivity contribution in [1.29, 1.82) is 0 Å². The summed E-state index contributed by atoms with van der Waals surface area (Å²) in [6, 6.07) is 18.0. The molecule has 0 aliphatic carbocycles. The summed E-state index contributed by atoms with van der Waals surface area (Å²) in [5, 5.41) is 0. The lowest BCUT2D eigenvalue weighted by molar-refractivity contribution is -0.170. The summed E-state index contributed by atoms with van der Waals surface area (Å²) >= 11 is 0. The second kappa shape index (κ2) is 8.57. The van der Waals surface area contributed by atoms with Crippen molar-refractivity contribution in [2.24, 2.45) is 5.73 Å². The molecule has 0 radical (unpaired) electrons. The third kappa shape index (κ3) is 7.06. The Morgan fingerprint density at radius 2 is 1.41 bits per heavy atom. The zero-order valence-corrected chi connectivity index (χ0v) is 17.0. The van der Waals surface area contributed by atoms with Gasteiger partial charge in [-0.2, -0.15) is 0 Å². The SMILES string of the molecule is CC(C)(C)OC(=O)C(C)(C)Oc1ccc(CC(N)Cc2ccccc2)cc1. The van der Waals surface area contributed by atoms with Crippen LogP contribution in [0.1, 0.15) is 45.7 Å². The molecule has 0 amide bonds. The van der Waals surface area contributed by atoms with Crippen LogP contribution in [-0.2, 0) is 22.4 Å². The van der Waals surface area contributed by atoms with Gasteiger partial charge in [0.15, 0.2) is 5.60 Å². The van der Waals surface area contributed by atoms with Crippen LogP contribution < -0.4 is 10.5 Å². The Morgan fingerprint density at radius 1 is 0.889 bits per heavy atom. The minimum atomic E-state index is -1.06. The van der Waals surface area contributed by atoms with E-state index in [-0.39, 0.29) is 12.0 Å². The number of hydrogen-bond donors (Lipinski definition) is 1. The third-order valence-corrected chi connectivity index (χ3v) is 4.03. The summed E-state index contributed by atoms with van der Waals surface area (Å²) in [6.45, 7) is 8.95. The van der Waals surface area contributed by atoms with E-state index in [2.05, 4.69) is 12.1 Å². The normalized spacial score (nSPS) is 13.1. The van der Waals surface area contributed by atoms with Crippen molar-refractivity contribution in [3.05, 3.63) is 65.7 Å². The van der Waals surface area contributed by atoms with Gasteiger partial charge in [0.2, 0.25) is 0 Å². The lowest BCUT2D eigenvalue weighted by Gasteiger charge is -2.29. The Balaban J connectivity index is 1.93. The van der Waals surface area contributed by atoms with Crippen LogP contribution in [0.2, 0.25) is 0 Å². The average molecular weight is 370 g/mol. The first-order chi connectivity index (χ1) is 12.5. The number of rotatable bonds is 7. The van der Waals surface area contributed by atoms with Crippen LogP contribution in [0.15, 0.2) is 54.6 Å². The molecule has 0 bridgehead atoms. The van der Waals surface area contributed by atoms with Gasteiger partial charge in [-0.3, -0.25) is 0 Å². The van der Waals surface area contributed by atoms with Crippen molar-refractivity contribution in [3.8, 4) is 5.75 Å². The fourth-order valence-corrected chi connectivity index (χ4v) is 2.72. The maximum atomic E-state index is 12.3. The molecule has 2 aromatic carbocycles. The first-order valence-electron chi connectivity index (χ1n) is 9.36. The number of esters is 1. The molecule has 0 heterocycles. The highest BCUT2D eigenvalue weighted by Gasteiger charge is 2.34. The summed E-state index contributed by atoms with van der Waals surface area (Å²) in [4.78, 5) is 12.3. The molecule has 27 heavy (non-hydrogen) atoms. The second-order valence-corrected chi connectivity index (χ2v) is 8.41. The van der Waals surface area contributed by atoms with Gasteiger partial charge in [-0.1, -0.05) is 42.5 Å². The van der Waals surface area contributed by atoms with E-state index in [1.165, 1.54) is 5.56 Å². The number of nitrogens with two attached hydrogens (primary N) is 1. The van der Waals surface area contributed by atoms with Gasteiger partial charge < -0.3 is 15.2 Å². The van der Waals surface area contributed by atoms with E-state index >= 15 is 0 Å². The number of hydrogen-bond acceptors (Lipinski definition) is 4. The van der Waals surface area contributed by atoms with Gasteiger partial charge in [0, 0.05) is 6.04 Å². The molecule has 0 fully saturated rings. The van der Waals surface area contributed by atoms with Gasteiger partial charge in [0.25, 0.3) is 0 Å². The second-order valence-electron chi connectivity index (χ2n) is 8.41. The molecule has 0 saturated heterocycles. The Hall–Kier alpha value is -2.33. The third-order valence-electron chi connectivity index (χ3n) is 4.03. The van der Waals surface area contributed by atoms with Crippen LogP contribution in [0.5, 0.6) is 5.75 Å². The molecule has 0 aliphatic rings. The molecular formula is C23H31NO3. The largest absolute Gasteiger partial charge is 0.476 e. The van der Waals surface area contributed by atoms with Crippen molar-refractivity contribution >= 4 is 5.97 Å². The number of benzene rings is 2. The van der Waals surface area contributed by atoms with E-state index < -0.39 is 11.2 Å². The van der Waals surface area contributed by atoms with Crippen LogP contribution in [0.25, 0.3) is 0 Å². The minimum absolute atomic E-state index is 0.0531. The summed E-state index contributed by atoms with van der Waals surface area (Å²) in [5.74, 6) is 0.246. The van der Waals surface area contributed by atoms with Gasteiger partial charge >= 0.3 is 5.97 Å². The van der Waals surface area contributed by atoms with Crippen LogP contribution in [-0.4, -0.2) is 23.2 Å².